The van der Waals surface area contributed by atoms with E-state index in [1.165, 1.54) is 12.1 Å². The molecule has 0 N–H and O–H groups in total. The van der Waals surface area contributed by atoms with E-state index in [0.29, 0.717) is 5.56 Å². The van der Waals surface area contributed by atoms with Crippen LogP contribution >= 0.6 is 0 Å². The molecule has 1 aromatic heterocycles. The molecule has 3 aromatic rings. The maximum Gasteiger partial charge on any atom is 0.417 e. The number of aryl methyl sites for hydroxylation is 2. The summed E-state index contributed by atoms with van der Waals surface area (Å²) in [5.41, 5.74) is 1.96. The Balaban J connectivity index is 1.92. The molecule has 0 bridgehead atoms. The number of aromatic nitrogens is 2. The second-order valence-electron chi connectivity index (χ2n) is 5.53. The van der Waals surface area contributed by atoms with Gasteiger partial charge in [-0.15, -0.1) is 0 Å². The van der Waals surface area contributed by atoms with Gasteiger partial charge < -0.3 is 4.57 Å². The van der Waals surface area contributed by atoms with Crippen molar-refractivity contribution in [3.63, 3.8) is 0 Å². The molecule has 0 aliphatic carbocycles. The van der Waals surface area contributed by atoms with Gasteiger partial charge in [-0.05, 0) is 35.7 Å². The van der Waals surface area contributed by atoms with E-state index in [-0.39, 0.29) is 5.56 Å². The third-order valence-corrected chi connectivity index (χ3v) is 4.15. The molecule has 0 unspecified atom stereocenters. The van der Waals surface area contributed by atoms with E-state index < -0.39 is 11.7 Å². The third-order valence-electron chi connectivity index (χ3n) is 4.15. The lowest BCUT2D eigenvalue weighted by molar-refractivity contribution is -0.137. The topological polar surface area (TPSA) is 17.8 Å². The van der Waals surface area contributed by atoms with Crippen LogP contribution in [0.2, 0.25) is 0 Å². The van der Waals surface area contributed by atoms with Crippen LogP contribution in [0.3, 0.4) is 0 Å². The van der Waals surface area contributed by atoms with Crippen molar-refractivity contribution in [1.29, 1.82) is 0 Å². The monoisotopic (exact) mass is 302 g/mol. The quantitative estimate of drug-likeness (QED) is 0.639. The van der Waals surface area contributed by atoms with Crippen LogP contribution < -0.4 is 0 Å². The molecule has 0 spiro atoms. The normalized spacial score (nSPS) is 14.5. The van der Waals surface area contributed by atoms with Crippen LogP contribution in [0.1, 0.15) is 17.8 Å². The molecule has 2 nitrogen and oxygen atoms in total. The largest absolute Gasteiger partial charge is 0.417 e. The first kappa shape index (κ1) is 13.4. The molecule has 0 radical (unpaired) electrons. The Kier molecular flexibility index (Phi) is 2.79. The molecular weight excluding hydrogens is 289 g/mol. The van der Waals surface area contributed by atoms with Gasteiger partial charge in [-0.25, -0.2) is 4.98 Å². The van der Waals surface area contributed by atoms with Gasteiger partial charge in [0.25, 0.3) is 0 Å². The van der Waals surface area contributed by atoms with Gasteiger partial charge in [-0.1, -0.05) is 24.3 Å². The summed E-state index contributed by atoms with van der Waals surface area (Å²) >= 11 is 0. The molecule has 1 aliphatic heterocycles. The summed E-state index contributed by atoms with van der Waals surface area (Å²) in [6, 6.07) is 11.0. The summed E-state index contributed by atoms with van der Waals surface area (Å²) in [6.07, 6.45) is -2.38. The van der Waals surface area contributed by atoms with Crippen LogP contribution in [-0.4, -0.2) is 9.55 Å². The van der Waals surface area contributed by atoms with Crippen molar-refractivity contribution in [2.75, 3.05) is 0 Å². The van der Waals surface area contributed by atoms with Gasteiger partial charge >= 0.3 is 6.18 Å². The lowest BCUT2D eigenvalue weighted by Crippen LogP contribution is -2.06. The number of hydrogen-bond acceptors (Lipinski definition) is 1. The van der Waals surface area contributed by atoms with E-state index in [2.05, 4.69) is 9.55 Å². The van der Waals surface area contributed by atoms with Crippen molar-refractivity contribution < 1.29 is 13.2 Å². The van der Waals surface area contributed by atoms with Crippen molar-refractivity contribution in [2.45, 2.75) is 25.6 Å². The van der Waals surface area contributed by atoms with Crippen LogP contribution in [-0.2, 0) is 19.1 Å². The van der Waals surface area contributed by atoms with Crippen molar-refractivity contribution >= 4 is 11.0 Å². The fourth-order valence-electron chi connectivity index (χ4n) is 3.16. The smallest absolute Gasteiger partial charge is 0.328 e. The van der Waals surface area contributed by atoms with Gasteiger partial charge in [0.2, 0.25) is 0 Å². The molecule has 2 heterocycles. The molecule has 0 fully saturated rings. The Morgan fingerprint density at radius 2 is 1.86 bits per heavy atom. The number of nitrogens with zero attached hydrogens (tertiary/aromatic N) is 2. The molecule has 22 heavy (non-hydrogen) atoms. The molecule has 2 aromatic carbocycles. The van der Waals surface area contributed by atoms with Crippen molar-refractivity contribution in [2.24, 2.45) is 0 Å². The fraction of sp³-hybridized carbons (Fsp3) is 0.235. The first-order chi connectivity index (χ1) is 10.5. The maximum absolute atomic E-state index is 13.2. The maximum atomic E-state index is 13.2. The number of imidazole rings is 1. The van der Waals surface area contributed by atoms with Crippen molar-refractivity contribution in [3.8, 4) is 11.1 Å². The Hall–Kier alpha value is -2.30. The number of hydrogen-bond donors (Lipinski definition) is 0. The van der Waals surface area contributed by atoms with E-state index in [1.807, 2.05) is 12.1 Å². The number of alkyl halides is 3. The molecular formula is C17H13F3N2. The number of benzene rings is 2. The molecule has 5 heteroatoms. The zero-order valence-corrected chi connectivity index (χ0v) is 11.7. The first-order valence-corrected chi connectivity index (χ1v) is 7.20. The Labute approximate surface area is 125 Å². The minimum Gasteiger partial charge on any atom is -0.328 e. The number of rotatable bonds is 1. The van der Waals surface area contributed by atoms with Gasteiger partial charge in [0, 0.05) is 13.0 Å². The standard InChI is InChI=1S/C17H13F3N2/c18-17(19,20)13-5-2-1-4-12(13)11-7-8-14-15(10-11)22-9-3-6-16(22)21-14/h1-2,4-5,7-8,10H,3,6,9H2. The van der Waals surface area contributed by atoms with Gasteiger partial charge in [-0.3, -0.25) is 0 Å². The SMILES string of the molecule is FC(F)(F)c1ccccc1-c1ccc2nc3n(c2c1)CCC3. The van der Waals surface area contributed by atoms with Gasteiger partial charge in [-0.2, -0.15) is 13.2 Å². The molecule has 0 atom stereocenters. The lowest BCUT2D eigenvalue weighted by Gasteiger charge is -2.13. The average molecular weight is 302 g/mol. The summed E-state index contributed by atoms with van der Waals surface area (Å²) in [7, 11) is 0. The highest BCUT2D eigenvalue weighted by Gasteiger charge is 2.33. The second kappa shape index (κ2) is 4.60. The highest BCUT2D eigenvalue weighted by atomic mass is 19.4. The van der Waals surface area contributed by atoms with Crippen LogP contribution in [0, 0.1) is 0 Å². The van der Waals surface area contributed by atoms with Gasteiger partial charge in [0.05, 0.1) is 16.6 Å². The van der Waals surface area contributed by atoms with Crippen LogP contribution in [0.5, 0.6) is 0 Å². The summed E-state index contributed by atoms with van der Waals surface area (Å²) < 4.78 is 41.7. The zero-order chi connectivity index (χ0) is 15.3. The number of halogens is 3. The van der Waals surface area contributed by atoms with E-state index in [4.69, 9.17) is 0 Å². The summed E-state index contributed by atoms with van der Waals surface area (Å²) in [5, 5.41) is 0. The highest BCUT2D eigenvalue weighted by molar-refractivity contribution is 5.83. The van der Waals surface area contributed by atoms with E-state index >= 15 is 0 Å². The minimum absolute atomic E-state index is 0.213. The Bertz CT molecular complexity index is 862. The molecule has 0 saturated heterocycles. The first-order valence-electron chi connectivity index (χ1n) is 7.20. The van der Waals surface area contributed by atoms with Crippen LogP contribution in [0.25, 0.3) is 22.2 Å². The molecule has 4 rings (SSSR count). The second-order valence-corrected chi connectivity index (χ2v) is 5.53. The van der Waals surface area contributed by atoms with E-state index in [0.717, 1.165) is 42.3 Å². The fourth-order valence-corrected chi connectivity index (χ4v) is 3.16. The predicted molar refractivity (Wildman–Crippen MR) is 78.5 cm³/mol. The van der Waals surface area contributed by atoms with Crippen molar-refractivity contribution in [3.05, 3.63) is 53.9 Å². The van der Waals surface area contributed by atoms with Gasteiger partial charge in [0.15, 0.2) is 0 Å². The molecule has 0 saturated carbocycles. The Morgan fingerprint density at radius 1 is 1.05 bits per heavy atom. The predicted octanol–water partition coefficient (Wildman–Crippen LogP) is 4.67. The summed E-state index contributed by atoms with van der Waals surface area (Å²) in [6.45, 7) is 0.885. The average Bonchev–Trinajstić information content (AvgIpc) is 3.06. The van der Waals surface area contributed by atoms with Gasteiger partial charge in [0.1, 0.15) is 5.82 Å². The third kappa shape index (κ3) is 2.00. The Morgan fingerprint density at radius 3 is 2.68 bits per heavy atom. The molecule has 0 amide bonds. The van der Waals surface area contributed by atoms with Crippen molar-refractivity contribution in [1.82, 2.24) is 9.55 Å². The molecule has 112 valence electrons. The number of fused-ring (bicyclic) bond motifs is 3. The van der Waals surface area contributed by atoms with Crippen LogP contribution in [0.15, 0.2) is 42.5 Å². The minimum atomic E-state index is -4.36. The van der Waals surface area contributed by atoms with E-state index in [9.17, 15) is 13.2 Å². The molecule has 1 aliphatic rings. The van der Waals surface area contributed by atoms with Crippen LogP contribution in [0.4, 0.5) is 13.2 Å². The lowest BCUT2D eigenvalue weighted by atomic mass is 9.99. The highest BCUT2D eigenvalue weighted by Crippen LogP contribution is 2.38. The zero-order valence-electron chi connectivity index (χ0n) is 11.7. The van der Waals surface area contributed by atoms with E-state index in [1.54, 1.807) is 12.1 Å². The summed E-state index contributed by atoms with van der Waals surface area (Å²) in [4.78, 5) is 4.54. The summed E-state index contributed by atoms with van der Waals surface area (Å²) in [5.74, 6) is 1.02.